The molecule has 0 spiro atoms. The highest BCUT2D eigenvalue weighted by Gasteiger charge is 2.02. The Morgan fingerprint density at radius 3 is 2.79 bits per heavy atom. The predicted molar refractivity (Wildman–Crippen MR) is 56.6 cm³/mol. The second kappa shape index (κ2) is 3.29. The molecule has 0 aliphatic heterocycles. The Bertz CT molecular complexity index is 523. The van der Waals surface area contributed by atoms with Crippen LogP contribution in [0.3, 0.4) is 0 Å². The molecule has 14 heavy (non-hydrogen) atoms. The van der Waals surface area contributed by atoms with Crippen LogP contribution in [0.25, 0.3) is 11.0 Å². The highest BCUT2D eigenvalue weighted by Crippen LogP contribution is 2.14. The molecule has 0 amide bonds. The Hall–Kier alpha value is -1.57. The van der Waals surface area contributed by atoms with Crippen molar-refractivity contribution in [3.8, 4) is 0 Å². The maximum absolute atomic E-state index is 11.5. The van der Waals surface area contributed by atoms with Gasteiger partial charge in [-0.2, -0.15) is 0 Å². The van der Waals surface area contributed by atoms with Gasteiger partial charge >= 0.3 is 0 Å². The number of hydrogen-bond donors (Lipinski definition) is 0. The zero-order chi connectivity index (χ0) is 10.1. The van der Waals surface area contributed by atoms with Crippen molar-refractivity contribution in [2.45, 2.75) is 20.3 Å². The molecular formula is C12H12O2. The third-order valence-electron chi connectivity index (χ3n) is 2.33. The largest absolute Gasteiger partial charge is 0.461 e. The molecule has 2 nitrogen and oxygen atoms in total. The summed E-state index contributed by atoms with van der Waals surface area (Å²) in [6.45, 7) is 3.87. The molecule has 72 valence electrons. The summed E-state index contributed by atoms with van der Waals surface area (Å²) in [5.74, 6) is 0.663. The fraction of sp³-hybridized carbons (Fsp3) is 0.250. The van der Waals surface area contributed by atoms with Crippen molar-refractivity contribution in [3.63, 3.8) is 0 Å². The lowest BCUT2D eigenvalue weighted by molar-refractivity contribution is 0.564. The van der Waals surface area contributed by atoms with E-state index in [-0.39, 0.29) is 5.43 Å². The molecule has 0 aliphatic rings. The van der Waals surface area contributed by atoms with Gasteiger partial charge in [-0.05, 0) is 31.0 Å². The summed E-state index contributed by atoms with van der Waals surface area (Å²) in [5, 5.41) is 0.660. The SMILES string of the molecule is CCc1ccc2c(=O)cc(C)oc2c1. The number of fused-ring (bicyclic) bond motifs is 1. The van der Waals surface area contributed by atoms with Gasteiger partial charge in [0.2, 0.25) is 0 Å². The minimum absolute atomic E-state index is 0.0337. The minimum Gasteiger partial charge on any atom is -0.461 e. The molecular weight excluding hydrogens is 176 g/mol. The Morgan fingerprint density at radius 1 is 1.29 bits per heavy atom. The van der Waals surface area contributed by atoms with Crippen molar-refractivity contribution in [1.29, 1.82) is 0 Å². The summed E-state index contributed by atoms with van der Waals surface area (Å²) in [7, 11) is 0. The van der Waals surface area contributed by atoms with E-state index in [1.54, 1.807) is 6.92 Å². The molecule has 0 radical (unpaired) electrons. The molecule has 1 aromatic carbocycles. The summed E-state index contributed by atoms with van der Waals surface area (Å²) in [6.07, 6.45) is 0.952. The van der Waals surface area contributed by atoms with Crippen LogP contribution in [0.1, 0.15) is 18.2 Å². The average molecular weight is 188 g/mol. The Balaban J connectivity index is 2.82. The lowest BCUT2D eigenvalue weighted by atomic mass is 10.1. The van der Waals surface area contributed by atoms with Crippen LogP contribution in [-0.4, -0.2) is 0 Å². The molecule has 2 heteroatoms. The van der Waals surface area contributed by atoms with E-state index in [1.165, 1.54) is 11.6 Å². The van der Waals surface area contributed by atoms with Gasteiger partial charge in [-0.25, -0.2) is 0 Å². The molecule has 0 N–H and O–H groups in total. The van der Waals surface area contributed by atoms with Gasteiger partial charge in [-0.15, -0.1) is 0 Å². The van der Waals surface area contributed by atoms with E-state index < -0.39 is 0 Å². The van der Waals surface area contributed by atoms with Gasteiger partial charge in [-0.3, -0.25) is 4.79 Å². The van der Waals surface area contributed by atoms with Crippen LogP contribution >= 0.6 is 0 Å². The Morgan fingerprint density at radius 2 is 2.07 bits per heavy atom. The lowest BCUT2D eigenvalue weighted by Crippen LogP contribution is -2.00. The van der Waals surface area contributed by atoms with E-state index in [0.29, 0.717) is 16.7 Å². The first kappa shape index (κ1) is 9.00. The summed E-state index contributed by atoms with van der Waals surface area (Å²) >= 11 is 0. The summed E-state index contributed by atoms with van der Waals surface area (Å²) in [5.41, 5.74) is 1.91. The van der Waals surface area contributed by atoms with E-state index in [1.807, 2.05) is 18.2 Å². The molecule has 1 heterocycles. The first-order chi connectivity index (χ1) is 6.70. The van der Waals surface area contributed by atoms with Crippen LogP contribution in [-0.2, 0) is 6.42 Å². The summed E-state index contributed by atoms with van der Waals surface area (Å²) < 4.78 is 5.48. The first-order valence-corrected chi connectivity index (χ1v) is 4.74. The Kier molecular flexibility index (Phi) is 2.12. The summed E-state index contributed by atoms with van der Waals surface area (Å²) in [4.78, 5) is 11.5. The van der Waals surface area contributed by atoms with E-state index >= 15 is 0 Å². The molecule has 0 fully saturated rings. The zero-order valence-electron chi connectivity index (χ0n) is 8.33. The van der Waals surface area contributed by atoms with Gasteiger partial charge in [0, 0.05) is 6.07 Å². The van der Waals surface area contributed by atoms with Gasteiger partial charge < -0.3 is 4.42 Å². The average Bonchev–Trinajstić information content (AvgIpc) is 2.16. The maximum atomic E-state index is 11.5. The molecule has 2 rings (SSSR count). The van der Waals surface area contributed by atoms with Crippen LogP contribution in [0.2, 0.25) is 0 Å². The topological polar surface area (TPSA) is 30.2 Å². The number of benzene rings is 1. The van der Waals surface area contributed by atoms with E-state index in [9.17, 15) is 4.79 Å². The van der Waals surface area contributed by atoms with Crippen LogP contribution in [0.15, 0.2) is 33.5 Å². The highest BCUT2D eigenvalue weighted by molar-refractivity contribution is 5.77. The summed E-state index contributed by atoms with van der Waals surface area (Å²) in [6, 6.07) is 7.26. The van der Waals surface area contributed by atoms with Crippen molar-refractivity contribution in [2.75, 3.05) is 0 Å². The molecule has 0 saturated heterocycles. The van der Waals surface area contributed by atoms with Crippen LogP contribution in [0, 0.1) is 6.92 Å². The second-order valence-electron chi connectivity index (χ2n) is 3.41. The lowest BCUT2D eigenvalue weighted by Gasteiger charge is -2.00. The normalized spacial score (nSPS) is 10.7. The van der Waals surface area contributed by atoms with E-state index in [0.717, 1.165) is 6.42 Å². The third-order valence-corrected chi connectivity index (χ3v) is 2.33. The standard InChI is InChI=1S/C12H12O2/c1-3-9-4-5-10-11(13)6-8(2)14-12(10)7-9/h4-7H,3H2,1-2H3. The number of aryl methyl sites for hydroxylation is 2. The van der Waals surface area contributed by atoms with Crippen molar-refractivity contribution in [2.24, 2.45) is 0 Å². The molecule has 0 atom stereocenters. The molecule has 0 unspecified atom stereocenters. The zero-order valence-corrected chi connectivity index (χ0v) is 8.33. The first-order valence-electron chi connectivity index (χ1n) is 4.74. The number of hydrogen-bond acceptors (Lipinski definition) is 2. The fourth-order valence-corrected chi connectivity index (χ4v) is 1.54. The molecule has 2 aromatic rings. The third kappa shape index (κ3) is 1.43. The Labute approximate surface area is 82.2 Å². The number of rotatable bonds is 1. The van der Waals surface area contributed by atoms with Crippen molar-refractivity contribution >= 4 is 11.0 Å². The highest BCUT2D eigenvalue weighted by atomic mass is 16.3. The van der Waals surface area contributed by atoms with Crippen molar-refractivity contribution in [1.82, 2.24) is 0 Å². The van der Waals surface area contributed by atoms with Gasteiger partial charge in [0.15, 0.2) is 5.43 Å². The molecule has 0 bridgehead atoms. The molecule has 0 saturated carbocycles. The van der Waals surface area contributed by atoms with Crippen LogP contribution in [0.4, 0.5) is 0 Å². The fourth-order valence-electron chi connectivity index (χ4n) is 1.54. The van der Waals surface area contributed by atoms with Gasteiger partial charge in [0.1, 0.15) is 11.3 Å². The smallest absolute Gasteiger partial charge is 0.192 e. The van der Waals surface area contributed by atoms with Crippen LogP contribution in [0.5, 0.6) is 0 Å². The quantitative estimate of drug-likeness (QED) is 0.688. The molecule has 0 aliphatic carbocycles. The van der Waals surface area contributed by atoms with Crippen molar-refractivity contribution in [3.05, 3.63) is 45.8 Å². The van der Waals surface area contributed by atoms with Gasteiger partial charge in [0.05, 0.1) is 5.39 Å². The van der Waals surface area contributed by atoms with E-state index in [2.05, 4.69) is 6.92 Å². The maximum Gasteiger partial charge on any atom is 0.192 e. The second-order valence-corrected chi connectivity index (χ2v) is 3.41. The van der Waals surface area contributed by atoms with Crippen LogP contribution < -0.4 is 5.43 Å². The van der Waals surface area contributed by atoms with E-state index in [4.69, 9.17) is 4.42 Å². The molecule has 1 aromatic heterocycles. The van der Waals surface area contributed by atoms with Crippen molar-refractivity contribution < 1.29 is 4.42 Å². The van der Waals surface area contributed by atoms with Gasteiger partial charge in [0.25, 0.3) is 0 Å². The predicted octanol–water partition coefficient (Wildman–Crippen LogP) is 2.66. The van der Waals surface area contributed by atoms with Gasteiger partial charge in [-0.1, -0.05) is 13.0 Å². The monoisotopic (exact) mass is 188 g/mol. The minimum atomic E-state index is 0.0337.